The van der Waals surface area contributed by atoms with Crippen LogP contribution in [-0.4, -0.2) is 73.1 Å². The summed E-state index contributed by atoms with van der Waals surface area (Å²) in [6.45, 7) is 8.07. The van der Waals surface area contributed by atoms with Gasteiger partial charge in [0.2, 0.25) is 5.78 Å². The number of imidazole rings is 2. The Balaban J connectivity index is 1.72. The van der Waals surface area contributed by atoms with Crippen LogP contribution in [-0.2, 0) is 13.6 Å². The SMILES string of the molecule is Cc1cn2c3c(=O)[nH]c(=O)n(C)c3nc2n1CCN1CCN(C)CC1. The standard InChI is InChI=1S/C16H23N7O2/c1-11-10-23-12-13(20(3)16(25)18-14(12)24)17-15(23)22(11)9-8-21-6-4-19(2)5-7-21/h10H,4-9H2,1-3H3,(H,18,24,25). The van der Waals surface area contributed by atoms with Crippen LogP contribution in [0.3, 0.4) is 0 Å². The number of likely N-dealkylation sites (N-methyl/N-ethyl adjacent to an activating group) is 1. The van der Waals surface area contributed by atoms with Crippen LogP contribution in [0.1, 0.15) is 5.69 Å². The molecule has 1 aliphatic heterocycles. The maximum absolute atomic E-state index is 12.2. The number of hydrogen-bond donors (Lipinski definition) is 1. The van der Waals surface area contributed by atoms with Crippen molar-refractivity contribution in [2.75, 3.05) is 39.8 Å². The molecular formula is C16H23N7O2. The molecule has 4 rings (SSSR count). The van der Waals surface area contributed by atoms with E-state index in [-0.39, 0.29) is 0 Å². The predicted octanol–water partition coefficient (Wildman–Crippen LogP) is -0.768. The van der Waals surface area contributed by atoms with Crippen LogP contribution in [0.5, 0.6) is 0 Å². The van der Waals surface area contributed by atoms with Gasteiger partial charge in [0.15, 0.2) is 11.2 Å². The molecule has 134 valence electrons. The largest absolute Gasteiger partial charge is 0.329 e. The summed E-state index contributed by atoms with van der Waals surface area (Å²) in [5.41, 5.74) is 1.03. The smallest absolute Gasteiger partial charge is 0.313 e. The Labute approximate surface area is 144 Å². The van der Waals surface area contributed by atoms with Crippen LogP contribution >= 0.6 is 0 Å². The molecule has 0 spiro atoms. The molecule has 0 saturated carbocycles. The summed E-state index contributed by atoms with van der Waals surface area (Å²) in [6, 6.07) is 0. The van der Waals surface area contributed by atoms with Gasteiger partial charge in [-0.25, -0.2) is 4.79 Å². The van der Waals surface area contributed by atoms with E-state index in [0.29, 0.717) is 16.9 Å². The van der Waals surface area contributed by atoms with Crippen LogP contribution in [0.25, 0.3) is 16.9 Å². The topological polar surface area (TPSA) is 83.6 Å². The van der Waals surface area contributed by atoms with Gasteiger partial charge in [0.05, 0.1) is 0 Å². The lowest BCUT2D eigenvalue weighted by molar-refractivity contribution is 0.150. The number of hydrogen-bond acceptors (Lipinski definition) is 5. The number of piperazine rings is 1. The monoisotopic (exact) mass is 345 g/mol. The minimum atomic E-state index is -0.445. The average molecular weight is 345 g/mol. The van der Waals surface area contributed by atoms with Gasteiger partial charge in [0.1, 0.15) is 0 Å². The highest BCUT2D eigenvalue weighted by atomic mass is 16.2. The Kier molecular flexibility index (Phi) is 3.77. The lowest BCUT2D eigenvalue weighted by Gasteiger charge is -2.32. The highest BCUT2D eigenvalue weighted by molar-refractivity contribution is 5.75. The van der Waals surface area contributed by atoms with Crippen molar-refractivity contribution in [2.24, 2.45) is 7.05 Å². The summed E-state index contributed by atoms with van der Waals surface area (Å²) in [4.78, 5) is 35.7. The number of nitrogens with one attached hydrogen (secondary N) is 1. The molecule has 1 saturated heterocycles. The first-order valence-electron chi connectivity index (χ1n) is 8.54. The number of nitrogens with zero attached hydrogens (tertiary/aromatic N) is 6. The molecule has 0 atom stereocenters. The highest BCUT2D eigenvalue weighted by Crippen LogP contribution is 2.16. The third kappa shape index (κ3) is 2.59. The van der Waals surface area contributed by atoms with E-state index in [1.54, 1.807) is 11.4 Å². The van der Waals surface area contributed by atoms with E-state index in [2.05, 4.69) is 31.4 Å². The van der Waals surface area contributed by atoms with E-state index >= 15 is 0 Å². The summed E-state index contributed by atoms with van der Waals surface area (Å²) in [6.07, 6.45) is 1.91. The molecule has 0 aromatic carbocycles. The van der Waals surface area contributed by atoms with Crippen LogP contribution in [0.2, 0.25) is 0 Å². The summed E-state index contributed by atoms with van der Waals surface area (Å²) >= 11 is 0. The summed E-state index contributed by atoms with van der Waals surface area (Å²) in [5.74, 6) is 0.702. The van der Waals surface area contributed by atoms with E-state index in [0.717, 1.165) is 45.0 Å². The molecule has 0 amide bonds. The number of H-pyrrole nitrogens is 1. The Morgan fingerprint density at radius 1 is 1.12 bits per heavy atom. The minimum absolute atomic E-state index is 0.401. The van der Waals surface area contributed by atoms with Gasteiger partial charge in [-0.3, -0.25) is 23.6 Å². The van der Waals surface area contributed by atoms with Crippen LogP contribution in [0.4, 0.5) is 0 Å². The van der Waals surface area contributed by atoms with Gasteiger partial charge in [0.25, 0.3) is 5.56 Å². The molecule has 0 radical (unpaired) electrons. The van der Waals surface area contributed by atoms with Crippen LogP contribution < -0.4 is 11.2 Å². The van der Waals surface area contributed by atoms with Gasteiger partial charge in [-0.1, -0.05) is 0 Å². The fourth-order valence-corrected chi connectivity index (χ4v) is 3.51. The fraction of sp³-hybridized carbons (Fsp3) is 0.562. The minimum Gasteiger partial charge on any atom is -0.313 e. The molecule has 1 aliphatic rings. The van der Waals surface area contributed by atoms with E-state index < -0.39 is 11.2 Å². The second-order valence-corrected chi connectivity index (χ2v) is 6.84. The molecule has 9 heteroatoms. The Bertz CT molecular complexity index is 1050. The lowest BCUT2D eigenvalue weighted by Crippen LogP contribution is -2.45. The Morgan fingerprint density at radius 3 is 2.56 bits per heavy atom. The first-order chi connectivity index (χ1) is 12.0. The summed E-state index contributed by atoms with van der Waals surface area (Å²) in [5, 5.41) is 0. The van der Waals surface area contributed by atoms with E-state index in [9.17, 15) is 9.59 Å². The molecule has 1 N–H and O–H groups in total. The molecule has 3 aromatic rings. The normalized spacial score (nSPS) is 17.1. The number of rotatable bonds is 3. The summed E-state index contributed by atoms with van der Waals surface area (Å²) < 4.78 is 5.28. The van der Waals surface area contributed by atoms with Gasteiger partial charge in [-0.15, -0.1) is 0 Å². The molecule has 25 heavy (non-hydrogen) atoms. The van der Waals surface area contributed by atoms with Gasteiger partial charge in [-0.05, 0) is 14.0 Å². The fourth-order valence-electron chi connectivity index (χ4n) is 3.51. The van der Waals surface area contributed by atoms with Gasteiger partial charge in [-0.2, -0.15) is 4.98 Å². The van der Waals surface area contributed by atoms with Crippen molar-refractivity contribution >= 4 is 16.9 Å². The third-order valence-corrected chi connectivity index (χ3v) is 5.15. The van der Waals surface area contributed by atoms with Gasteiger partial charge in [0, 0.05) is 58.2 Å². The van der Waals surface area contributed by atoms with E-state index in [4.69, 9.17) is 0 Å². The molecule has 0 unspecified atom stereocenters. The van der Waals surface area contributed by atoms with Gasteiger partial charge < -0.3 is 9.47 Å². The zero-order valence-electron chi connectivity index (χ0n) is 14.8. The quantitative estimate of drug-likeness (QED) is 0.674. The van der Waals surface area contributed by atoms with E-state index in [1.165, 1.54) is 4.57 Å². The zero-order valence-corrected chi connectivity index (χ0v) is 14.8. The maximum atomic E-state index is 12.2. The van der Waals surface area contributed by atoms with Crippen molar-refractivity contribution in [3.05, 3.63) is 32.7 Å². The number of fused-ring (bicyclic) bond motifs is 3. The predicted molar refractivity (Wildman–Crippen MR) is 95.2 cm³/mol. The van der Waals surface area contributed by atoms with Crippen molar-refractivity contribution in [1.29, 1.82) is 0 Å². The first-order valence-corrected chi connectivity index (χ1v) is 8.54. The second-order valence-electron chi connectivity index (χ2n) is 6.84. The number of aryl methyl sites for hydroxylation is 2. The molecule has 9 nitrogen and oxygen atoms in total. The molecule has 3 aromatic heterocycles. The molecule has 4 heterocycles. The molecular weight excluding hydrogens is 322 g/mol. The Morgan fingerprint density at radius 2 is 1.84 bits per heavy atom. The van der Waals surface area contributed by atoms with Crippen molar-refractivity contribution in [3.8, 4) is 0 Å². The molecule has 0 aliphatic carbocycles. The van der Waals surface area contributed by atoms with Gasteiger partial charge >= 0.3 is 5.69 Å². The molecule has 0 bridgehead atoms. The van der Waals surface area contributed by atoms with E-state index in [1.807, 2.05) is 13.1 Å². The van der Waals surface area contributed by atoms with Crippen LogP contribution in [0, 0.1) is 6.92 Å². The van der Waals surface area contributed by atoms with Crippen molar-refractivity contribution in [3.63, 3.8) is 0 Å². The lowest BCUT2D eigenvalue weighted by atomic mass is 10.3. The maximum Gasteiger partial charge on any atom is 0.329 e. The Hall–Kier alpha value is -2.39. The van der Waals surface area contributed by atoms with Crippen molar-refractivity contribution < 1.29 is 0 Å². The number of aromatic nitrogens is 5. The first kappa shape index (κ1) is 16.1. The number of aromatic amines is 1. The third-order valence-electron chi connectivity index (χ3n) is 5.15. The zero-order chi connectivity index (χ0) is 17.7. The molecule has 1 fully saturated rings. The van der Waals surface area contributed by atoms with Crippen LogP contribution in [0.15, 0.2) is 15.8 Å². The van der Waals surface area contributed by atoms with Crippen molar-refractivity contribution in [1.82, 2.24) is 33.3 Å². The summed E-state index contributed by atoms with van der Waals surface area (Å²) in [7, 11) is 3.77. The second kappa shape index (κ2) is 5.85. The average Bonchev–Trinajstić information content (AvgIpc) is 3.08. The highest BCUT2D eigenvalue weighted by Gasteiger charge is 2.18. The van der Waals surface area contributed by atoms with Crippen molar-refractivity contribution in [2.45, 2.75) is 13.5 Å².